The minimum atomic E-state index is 1.09. The SMILES string of the molecule is C=C/C=C(\C)Nc1ccccc1. The Bertz CT molecular complexity index is 272. The third-order valence-electron chi connectivity index (χ3n) is 1.48. The molecular formula is C11H13N. The van der Waals surface area contributed by atoms with Gasteiger partial charge >= 0.3 is 0 Å². The van der Waals surface area contributed by atoms with Gasteiger partial charge in [-0.3, -0.25) is 0 Å². The highest BCUT2D eigenvalue weighted by atomic mass is 14.9. The van der Waals surface area contributed by atoms with E-state index in [-0.39, 0.29) is 0 Å². The molecule has 0 aromatic heterocycles. The molecule has 0 saturated carbocycles. The quantitative estimate of drug-likeness (QED) is 0.668. The van der Waals surface area contributed by atoms with Crippen molar-refractivity contribution < 1.29 is 0 Å². The number of para-hydroxylation sites is 1. The Morgan fingerprint density at radius 1 is 1.33 bits per heavy atom. The second-order valence-corrected chi connectivity index (χ2v) is 2.58. The lowest BCUT2D eigenvalue weighted by Crippen LogP contribution is -1.93. The molecule has 0 amide bonds. The monoisotopic (exact) mass is 159 g/mol. The van der Waals surface area contributed by atoms with Gasteiger partial charge in [-0.25, -0.2) is 0 Å². The van der Waals surface area contributed by atoms with Crippen LogP contribution in [0.15, 0.2) is 54.8 Å². The highest BCUT2D eigenvalue weighted by Gasteiger charge is 1.87. The van der Waals surface area contributed by atoms with Gasteiger partial charge in [0, 0.05) is 11.4 Å². The summed E-state index contributed by atoms with van der Waals surface area (Å²) >= 11 is 0. The summed E-state index contributed by atoms with van der Waals surface area (Å²) in [5, 5.41) is 3.23. The molecule has 0 saturated heterocycles. The van der Waals surface area contributed by atoms with E-state index < -0.39 is 0 Å². The number of allylic oxidation sites excluding steroid dienone is 3. The molecule has 12 heavy (non-hydrogen) atoms. The number of nitrogens with one attached hydrogen (secondary N) is 1. The molecular weight excluding hydrogens is 146 g/mol. The van der Waals surface area contributed by atoms with Crippen LogP contribution in [0.3, 0.4) is 0 Å². The van der Waals surface area contributed by atoms with Gasteiger partial charge in [0.25, 0.3) is 0 Å². The average Bonchev–Trinajstić information content (AvgIpc) is 2.06. The van der Waals surface area contributed by atoms with Gasteiger partial charge in [0.05, 0.1) is 0 Å². The Morgan fingerprint density at radius 2 is 2.00 bits per heavy atom. The third kappa shape index (κ3) is 2.62. The van der Waals surface area contributed by atoms with Crippen molar-refractivity contribution in [1.82, 2.24) is 0 Å². The Labute approximate surface area is 73.4 Å². The number of benzene rings is 1. The van der Waals surface area contributed by atoms with E-state index in [9.17, 15) is 0 Å². The van der Waals surface area contributed by atoms with Crippen LogP contribution >= 0.6 is 0 Å². The van der Waals surface area contributed by atoms with Crippen molar-refractivity contribution in [3.05, 3.63) is 54.8 Å². The van der Waals surface area contributed by atoms with Crippen LogP contribution in [-0.4, -0.2) is 0 Å². The summed E-state index contributed by atoms with van der Waals surface area (Å²) in [6, 6.07) is 10.1. The fourth-order valence-electron chi connectivity index (χ4n) is 0.968. The van der Waals surface area contributed by atoms with Crippen LogP contribution in [0, 0.1) is 0 Å². The summed E-state index contributed by atoms with van der Waals surface area (Å²) in [5.74, 6) is 0. The summed E-state index contributed by atoms with van der Waals surface area (Å²) in [5.41, 5.74) is 2.20. The zero-order valence-electron chi connectivity index (χ0n) is 7.25. The maximum atomic E-state index is 3.63. The van der Waals surface area contributed by atoms with E-state index in [2.05, 4.69) is 11.9 Å². The van der Waals surface area contributed by atoms with Crippen molar-refractivity contribution in [3.8, 4) is 0 Å². The molecule has 1 rings (SSSR count). The zero-order valence-corrected chi connectivity index (χ0v) is 7.25. The van der Waals surface area contributed by atoms with Crippen molar-refractivity contribution in [2.45, 2.75) is 6.92 Å². The fraction of sp³-hybridized carbons (Fsp3) is 0.0909. The van der Waals surface area contributed by atoms with Crippen LogP contribution in [0.25, 0.3) is 0 Å². The molecule has 1 heteroatoms. The van der Waals surface area contributed by atoms with Gasteiger partial charge in [-0.05, 0) is 25.1 Å². The molecule has 1 aromatic carbocycles. The first kappa shape index (κ1) is 8.60. The van der Waals surface area contributed by atoms with Crippen molar-refractivity contribution in [2.75, 3.05) is 5.32 Å². The van der Waals surface area contributed by atoms with Crippen molar-refractivity contribution in [3.63, 3.8) is 0 Å². The molecule has 1 nitrogen and oxygen atoms in total. The van der Waals surface area contributed by atoms with Crippen molar-refractivity contribution in [2.24, 2.45) is 0 Å². The van der Waals surface area contributed by atoms with Crippen molar-refractivity contribution >= 4 is 5.69 Å². The van der Waals surface area contributed by atoms with E-state index in [1.54, 1.807) is 6.08 Å². The minimum absolute atomic E-state index is 1.09. The predicted octanol–water partition coefficient (Wildman–Crippen LogP) is 3.19. The smallest absolute Gasteiger partial charge is 0.0381 e. The molecule has 0 aliphatic carbocycles. The number of hydrogen-bond donors (Lipinski definition) is 1. The molecule has 0 aliphatic heterocycles. The maximum Gasteiger partial charge on any atom is 0.0381 e. The molecule has 0 heterocycles. The van der Waals surface area contributed by atoms with E-state index in [1.165, 1.54) is 0 Å². The van der Waals surface area contributed by atoms with Crippen LogP contribution in [-0.2, 0) is 0 Å². The van der Waals surface area contributed by atoms with Gasteiger partial charge < -0.3 is 5.32 Å². The van der Waals surface area contributed by atoms with Gasteiger partial charge in [0.2, 0.25) is 0 Å². The largest absolute Gasteiger partial charge is 0.359 e. The first-order valence-corrected chi connectivity index (χ1v) is 3.94. The molecule has 1 aromatic rings. The van der Waals surface area contributed by atoms with Crippen LogP contribution in [0.4, 0.5) is 5.69 Å². The topological polar surface area (TPSA) is 12.0 Å². The molecule has 0 aliphatic rings. The normalized spacial score (nSPS) is 10.9. The van der Waals surface area contributed by atoms with Gasteiger partial charge in [-0.2, -0.15) is 0 Å². The number of rotatable bonds is 3. The second kappa shape index (κ2) is 4.39. The van der Waals surface area contributed by atoms with Crippen LogP contribution < -0.4 is 5.32 Å². The third-order valence-corrected chi connectivity index (χ3v) is 1.48. The highest BCUT2D eigenvalue weighted by Crippen LogP contribution is 2.07. The van der Waals surface area contributed by atoms with Gasteiger partial charge in [0.15, 0.2) is 0 Å². The van der Waals surface area contributed by atoms with Crippen LogP contribution in [0.2, 0.25) is 0 Å². The van der Waals surface area contributed by atoms with E-state index in [1.807, 2.05) is 43.3 Å². The lowest BCUT2D eigenvalue weighted by Gasteiger charge is -2.04. The average molecular weight is 159 g/mol. The molecule has 0 unspecified atom stereocenters. The molecule has 62 valence electrons. The summed E-state index contributed by atoms with van der Waals surface area (Å²) in [6.45, 7) is 5.63. The number of hydrogen-bond acceptors (Lipinski definition) is 1. The van der Waals surface area contributed by atoms with E-state index in [0.29, 0.717) is 0 Å². The lowest BCUT2D eigenvalue weighted by molar-refractivity contribution is 1.38. The van der Waals surface area contributed by atoms with Gasteiger partial charge in [0.1, 0.15) is 0 Å². The summed E-state index contributed by atoms with van der Waals surface area (Å²) < 4.78 is 0. The minimum Gasteiger partial charge on any atom is -0.359 e. The molecule has 0 spiro atoms. The molecule has 0 atom stereocenters. The zero-order chi connectivity index (χ0) is 8.81. The van der Waals surface area contributed by atoms with E-state index >= 15 is 0 Å². The molecule has 0 radical (unpaired) electrons. The first-order valence-electron chi connectivity index (χ1n) is 3.94. The summed E-state index contributed by atoms with van der Waals surface area (Å²) in [6.07, 6.45) is 3.71. The maximum absolute atomic E-state index is 3.63. The van der Waals surface area contributed by atoms with E-state index in [0.717, 1.165) is 11.4 Å². The predicted molar refractivity (Wildman–Crippen MR) is 54.0 cm³/mol. The number of anilines is 1. The van der Waals surface area contributed by atoms with Crippen LogP contribution in [0.1, 0.15) is 6.92 Å². The second-order valence-electron chi connectivity index (χ2n) is 2.58. The molecule has 1 N–H and O–H groups in total. The van der Waals surface area contributed by atoms with Gasteiger partial charge in [-0.1, -0.05) is 30.9 Å². The molecule has 0 fully saturated rings. The Morgan fingerprint density at radius 3 is 2.58 bits per heavy atom. The van der Waals surface area contributed by atoms with Gasteiger partial charge in [-0.15, -0.1) is 0 Å². The Kier molecular flexibility index (Phi) is 3.15. The lowest BCUT2D eigenvalue weighted by atomic mass is 10.3. The first-order chi connectivity index (χ1) is 5.83. The van der Waals surface area contributed by atoms with E-state index in [4.69, 9.17) is 0 Å². The summed E-state index contributed by atoms with van der Waals surface area (Å²) in [7, 11) is 0. The Hall–Kier alpha value is -1.50. The van der Waals surface area contributed by atoms with Crippen molar-refractivity contribution in [1.29, 1.82) is 0 Å². The standard InChI is InChI=1S/C11H13N/c1-3-7-10(2)12-11-8-5-4-6-9-11/h3-9,12H,1H2,2H3/b10-7+. The molecule has 0 bridgehead atoms. The highest BCUT2D eigenvalue weighted by molar-refractivity contribution is 5.47. The van der Waals surface area contributed by atoms with Crippen LogP contribution in [0.5, 0.6) is 0 Å². The Balaban J connectivity index is 2.64. The summed E-state index contributed by atoms with van der Waals surface area (Å²) in [4.78, 5) is 0. The fourth-order valence-corrected chi connectivity index (χ4v) is 0.968.